The Morgan fingerprint density at radius 2 is 2.00 bits per heavy atom. The fourth-order valence-corrected chi connectivity index (χ4v) is 2.60. The third kappa shape index (κ3) is 4.68. The molecule has 2 atom stereocenters. The van der Waals surface area contributed by atoms with E-state index in [-0.39, 0.29) is 30.5 Å². The Morgan fingerprint density at radius 3 is 2.62 bits per heavy atom. The lowest BCUT2D eigenvalue weighted by Gasteiger charge is -2.29. The summed E-state index contributed by atoms with van der Waals surface area (Å²) in [4.78, 5) is 16.0. The molecular formula is C17H19Cl2N3O2. The predicted molar refractivity (Wildman–Crippen MR) is 97.0 cm³/mol. The average Bonchev–Trinajstić information content (AvgIpc) is 2.56. The minimum Gasteiger partial charge on any atom is -0.368 e. The zero-order chi connectivity index (χ0) is 16.2. The van der Waals surface area contributed by atoms with E-state index in [0.29, 0.717) is 10.7 Å². The Kier molecular flexibility index (Phi) is 6.57. The number of ether oxygens (including phenoxy) is 1. The Balaban J connectivity index is 0.00000208. The number of nitrogens with zero attached hydrogens (tertiary/aromatic N) is 1. The van der Waals surface area contributed by atoms with Crippen molar-refractivity contribution in [2.75, 3.05) is 18.4 Å². The second kappa shape index (κ2) is 8.44. The highest BCUT2D eigenvalue weighted by atomic mass is 35.5. The van der Waals surface area contributed by atoms with Crippen molar-refractivity contribution in [3.63, 3.8) is 0 Å². The molecule has 1 amide bonds. The fourth-order valence-electron chi connectivity index (χ4n) is 2.49. The largest absolute Gasteiger partial charge is 0.368 e. The molecule has 0 aliphatic carbocycles. The molecule has 0 spiro atoms. The van der Waals surface area contributed by atoms with Gasteiger partial charge in [0.2, 0.25) is 0 Å². The van der Waals surface area contributed by atoms with Gasteiger partial charge >= 0.3 is 0 Å². The van der Waals surface area contributed by atoms with E-state index in [1.807, 2.05) is 31.2 Å². The van der Waals surface area contributed by atoms with Gasteiger partial charge in [-0.15, -0.1) is 12.4 Å². The first-order valence-electron chi connectivity index (χ1n) is 7.51. The molecule has 0 radical (unpaired) electrons. The van der Waals surface area contributed by atoms with Gasteiger partial charge in [0.05, 0.1) is 17.8 Å². The number of nitrogens with one attached hydrogen (secondary N) is 2. The second-order valence-corrected chi connectivity index (χ2v) is 5.93. The van der Waals surface area contributed by atoms with Crippen LogP contribution in [0.2, 0.25) is 5.15 Å². The van der Waals surface area contributed by atoms with Gasteiger partial charge in [-0.1, -0.05) is 23.7 Å². The summed E-state index contributed by atoms with van der Waals surface area (Å²) in [5, 5.41) is 6.54. The lowest BCUT2D eigenvalue weighted by atomic mass is 10.1. The summed E-state index contributed by atoms with van der Waals surface area (Å²) in [7, 11) is 0. The van der Waals surface area contributed by atoms with Crippen molar-refractivity contribution in [2.45, 2.75) is 19.1 Å². The maximum absolute atomic E-state index is 12.1. The van der Waals surface area contributed by atoms with Crippen LogP contribution in [0.4, 0.5) is 5.69 Å². The van der Waals surface area contributed by atoms with Crippen LogP contribution in [0, 0.1) is 0 Å². The first kappa shape index (κ1) is 18.7. The zero-order valence-electron chi connectivity index (χ0n) is 13.2. The molecule has 1 aromatic carbocycles. The molecule has 0 saturated carbocycles. The Hall–Kier alpha value is -1.66. The number of pyridine rings is 1. The van der Waals surface area contributed by atoms with Crippen LogP contribution < -0.4 is 10.6 Å². The van der Waals surface area contributed by atoms with Crippen molar-refractivity contribution in [1.82, 2.24) is 10.3 Å². The highest BCUT2D eigenvalue weighted by Gasteiger charge is 2.20. The van der Waals surface area contributed by atoms with Gasteiger partial charge in [-0.25, -0.2) is 4.98 Å². The van der Waals surface area contributed by atoms with E-state index in [0.717, 1.165) is 24.3 Å². The molecule has 7 heteroatoms. The van der Waals surface area contributed by atoms with Gasteiger partial charge in [-0.3, -0.25) is 4.79 Å². The van der Waals surface area contributed by atoms with Crippen molar-refractivity contribution in [3.8, 4) is 0 Å². The van der Waals surface area contributed by atoms with Gasteiger partial charge in [0.25, 0.3) is 5.91 Å². The second-order valence-electron chi connectivity index (χ2n) is 5.54. The van der Waals surface area contributed by atoms with Crippen LogP contribution in [0.5, 0.6) is 0 Å². The summed E-state index contributed by atoms with van der Waals surface area (Å²) >= 11 is 5.72. The standard InChI is InChI=1S/C17H18ClN3O2.ClH/c1-11-8-19-10-15(23-11)12-2-5-14(6-3-12)21-17(22)13-4-7-16(18)20-9-13;/h2-7,9,11,15,19H,8,10H2,1H3,(H,21,22);1H/t11-,15-;/m1./s1. The number of carbonyl (C=O) groups excluding carboxylic acids is 1. The molecule has 24 heavy (non-hydrogen) atoms. The lowest BCUT2D eigenvalue weighted by Crippen LogP contribution is -2.38. The predicted octanol–water partition coefficient (Wildman–Crippen LogP) is 3.46. The number of rotatable bonds is 3. The summed E-state index contributed by atoms with van der Waals surface area (Å²) in [6.07, 6.45) is 1.70. The van der Waals surface area contributed by atoms with Crippen molar-refractivity contribution < 1.29 is 9.53 Å². The number of amides is 1. The molecule has 2 aromatic rings. The summed E-state index contributed by atoms with van der Waals surface area (Å²) in [6.45, 7) is 3.72. The van der Waals surface area contributed by atoms with E-state index in [9.17, 15) is 4.79 Å². The van der Waals surface area contributed by atoms with Gasteiger partial charge < -0.3 is 15.4 Å². The zero-order valence-corrected chi connectivity index (χ0v) is 14.7. The average molecular weight is 368 g/mol. The molecule has 3 rings (SSSR count). The van der Waals surface area contributed by atoms with E-state index in [1.54, 1.807) is 12.1 Å². The topological polar surface area (TPSA) is 63.2 Å². The van der Waals surface area contributed by atoms with Crippen molar-refractivity contribution in [1.29, 1.82) is 0 Å². The van der Waals surface area contributed by atoms with Crippen LogP contribution in [0.1, 0.15) is 28.9 Å². The quantitative estimate of drug-likeness (QED) is 0.815. The van der Waals surface area contributed by atoms with Crippen molar-refractivity contribution >= 4 is 35.6 Å². The van der Waals surface area contributed by atoms with E-state index >= 15 is 0 Å². The molecule has 1 fully saturated rings. The van der Waals surface area contributed by atoms with Crippen LogP contribution >= 0.6 is 24.0 Å². The van der Waals surface area contributed by atoms with Crippen LogP contribution in [0.15, 0.2) is 42.6 Å². The number of benzene rings is 1. The fraction of sp³-hybridized carbons (Fsp3) is 0.294. The Morgan fingerprint density at radius 1 is 1.25 bits per heavy atom. The van der Waals surface area contributed by atoms with Crippen LogP contribution in [0.3, 0.4) is 0 Å². The summed E-state index contributed by atoms with van der Waals surface area (Å²) in [5.74, 6) is -0.217. The summed E-state index contributed by atoms with van der Waals surface area (Å²) in [5.41, 5.74) is 2.29. The van der Waals surface area contributed by atoms with E-state index in [4.69, 9.17) is 16.3 Å². The van der Waals surface area contributed by atoms with Crippen molar-refractivity contribution in [2.24, 2.45) is 0 Å². The number of anilines is 1. The first-order chi connectivity index (χ1) is 11.1. The first-order valence-corrected chi connectivity index (χ1v) is 7.88. The SMILES string of the molecule is C[C@@H]1CNC[C@H](c2ccc(NC(=O)c3ccc(Cl)nc3)cc2)O1.Cl. The normalized spacial score (nSPS) is 20.1. The number of morpholine rings is 1. The number of carbonyl (C=O) groups is 1. The van der Waals surface area contributed by atoms with Gasteiger partial charge in [-0.2, -0.15) is 0 Å². The minimum absolute atomic E-state index is 0. The molecule has 2 N–H and O–H groups in total. The minimum atomic E-state index is -0.217. The van der Waals surface area contributed by atoms with Crippen molar-refractivity contribution in [3.05, 3.63) is 58.9 Å². The van der Waals surface area contributed by atoms with Gasteiger partial charge in [0.15, 0.2) is 0 Å². The molecule has 1 aliphatic rings. The molecule has 1 aliphatic heterocycles. The molecule has 1 saturated heterocycles. The molecule has 128 valence electrons. The molecule has 1 aromatic heterocycles. The smallest absolute Gasteiger partial charge is 0.257 e. The number of hydrogen-bond donors (Lipinski definition) is 2. The molecule has 0 unspecified atom stereocenters. The monoisotopic (exact) mass is 367 g/mol. The molecular weight excluding hydrogens is 349 g/mol. The lowest BCUT2D eigenvalue weighted by molar-refractivity contribution is -0.0287. The Bertz CT molecular complexity index is 677. The third-order valence-corrected chi connectivity index (χ3v) is 3.91. The molecule has 2 heterocycles. The van der Waals surface area contributed by atoms with Gasteiger partial charge in [-0.05, 0) is 36.8 Å². The third-order valence-electron chi connectivity index (χ3n) is 3.69. The Labute approximate surface area is 152 Å². The van der Waals surface area contributed by atoms with E-state index in [2.05, 4.69) is 15.6 Å². The molecule has 5 nitrogen and oxygen atoms in total. The number of hydrogen-bond acceptors (Lipinski definition) is 4. The van der Waals surface area contributed by atoms with E-state index in [1.165, 1.54) is 6.20 Å². The van der Waals surface area contributed by atoms with Gasteiger partial charge in [0, 0.05) is 25.0 Å². The number of aromatic nitrogens is 1. The molecule has 0 bridgehead atoms. The number of halogens is 2. The highest BCUT2D eigenvalue weighted by molar-refractivity contribution is 6.29. The summed E-state index contributed by atoms with van der Waals surface area (Å²) < 4.78 is 5.90. The van der Waals surface area contributed by atoms with Crippen LogP contribution in [0.25, 0.3) is 0 Å². The van der Waals surface area contributed by atoms with Gasteiger partial charge in [0.1, 0.15) is 5.15 Å². The summed E-state index contributed by atoms with van der Waals surface area (Å²) in [6, 6.07) is 10.9. The highest BCUT2D eigenvalue weighted by Crippen LogP contribution is 2.23. The van der Waals surface area contributed by atoms with E-state index < -0.39 is 0 Å². The van der Waals surface area contributed by atoms with Crippen LogP contribution in [-0.4, -0.2) is 30.1 Å². The van der Waals surface area contributed by atoms with Crippen LogP contribution in [-0.2, 0) is 4.74 Å². The maximum Gasteiger partial charge on any atom is 0.257 e. The maximum atomic E-state index is 12.1.